The third-order valence-electron chi connectivity index (χ3n) is 4.23. The molecule has 0 bridgehead atoms. The van der Waals surface area contributed by atoms with Gasteiger partial charge in [0.05, 0.1) is 17.8 Å². The summed E-state index contributed by atoms with van der Waals surface area (Å²) < 4.78 is 39.4. The number of alkyl halides is 3. The van der Waals surface area contributed by atoms with Crippen molar-refractivity contribution in [1.29, 1.82) is 0 Å². The summed E-state index contributed by atoms with van der Waals surface area (Å²) >= 11 is 0. The number of primary amides is 1. The highest BCUT2D eigenvalue weighted by Gasteiger charge is 2.47. The number of nitrogens with two attached hydrogens (primary N) is 1. The van der Waals surface area contributed by atoms with Crippen LogP contribution in [0.3, 0.4) is 0 Å². The first-order valence-corrected chi connectivity index (χ1v) is 7.56. The number of carbonyl (C=O) groups is 2. The highest BCUT2D eigenvalue weighted by atomic mass is 19.4. The summed E-state index contributed by atoms with van der Waals surface area (Å²) in [5.74, 6) is -2.22. The smallest absolute Gasteiger partial charge is 0.364 e. The first-order chi connectivity index (χ1) is 11.2. The van der Waals surface area contributed by atoms with E-state index in [1.54, 1.807) is 0 Å². The molecule has 0 spiro atoms. The van der Waals surface area contributed by atoms with Gasteiger partial charge in [-0.15, -0.1) is 0 Å². The minimum absolute atomic E-state index is 0.0284. The number of halogens is 3. The maximum atomic E-state index is 13.1. The number of urea groups is 1. The lowest BCUT2D eigenvalue weighted by Gasteiger charge is -2.38. The summed E-state index contributed by atoms with van der Waals surface area (Å²) in [6.45, 7) is 0. The van der Waals surface area contributed by atoms with Crippen molar-refractivity contribution in [2.24, 2.45) is 11.7 Å². The van der Waals surface area contributed by atoms with Crippen LogP contribution in [0.15, 0.2) is 18.3 Å². The lowest BCUT2D eigenvalue weighted by molar-refractivity contribution is -0.195. The van der Waals surface area contributed by atoms with E-state index >= 15 is 0 Å². The average Bonchev–Trinajstić information content (AvgIpc) is 2.53. The third kappa shape index (κ3) is 4.15. The zero-order valence-electron chi connectivity index (χ0n) is 13.1. The van der Waals surface area contributed by atoms with Crippen LogP contribution < -0.4 is 11.1 Å². The van der Waals surface area contributed by atoms with E-state index in [-0.39, 0.29) is 17.8 Å². The van der Waals surface area contributed by atoms with Gasteiger partial charge in [0.15, 0.2) is 0 Å². The lowest BCUT2D eigenvalue weighted by atomic mass is 9.83. The van der Waals surface area contributed by atoms with Gasteiger partial charge in [0, 0.05) is 13.1 Å². The second-order valence-corrected chi connectivity index (χ2v) is 5.84. The van der Waals surface area contributed by atoms with E-state index in [4.69, 9.17) is 5.73 Å². The van der Waals surface area contributed by atoms with E-state index in [0.29, 0.717) is 19.3 Å². The number of amides is 3. The Hall–Kier alpha value is -2.32. The summed E-state index contributed by atoms with van der Waals surface area (Å²) in [6, 6.07) is 1.21. The molecule has 2 atom stereocenters. The van der Waals surface area contributed by atoms with Gasteiger partial charge in [0.25, 0.3) is 5.91 Å². The van der Waals surface area contributed by atoms with Gasteiger partial charge in [-0.05, 0) is 25.0 Å². The number of pyridine rings is 1. The van der Waals surface area contributed by atoms with Crippen LogP contribution in [0.25, 0.3) is 0 Å². The van der Waals surface area contributed by atoms with Crippen molar-refractivity contribution >= 4 is 17.6 Å². The van der Waals surface area contributed by atoms with Gasteiger partial charge in [0.2, 0.25) is 0 Å². The average molecular weight is 344 g/mol. The van der Waals surface area contributed by atoms with Crippen molar-refractivity contribution in [3.05, 3.63) is 24.0 Å². The Morgan fingerprint density at radius 1 is 1.29 bits per heavy atom. The topological polar surface area (TPSA) is 88.3 Å². The van der Waals surface area contributed by atoms with Crippen LogP contribution in [0, 0.1) is 5.92 Å². The van der Waals surface area contributed by atoms with E-state index in [1.807, 2.05) is 0 Å². The first kappa shape index (κ1) is 18.0. The van der Waals surface area contributed by atoms with E-state index in [9.17, 15) is 22.8 Å². The van der Waals surface area contributed by atoms with E-state index in [1.165, 1.54) is 25.4 Å². The summed E-state index contributed by atoms with van der Waals surface area (Å²) in [5, 5.41) is 2.48. The van der Waals surface area contributed by atoms with Gasteiger partial charge in [-0.3, -0.25) is 4.79 Å². The highest BCUT2D eigenvalue weighted by Crippen LogP contribution is 2.39. The van der Waals surface area contributed by atoms with Crippen molar-refractivity contribution in [2.75, 3.05) is 12.4 Å². The van der Waals surface area contributed by atoms with Gasteiger partial charge in [0.1, 0.15) is 5.69 Å². The monoisotopic (exact) mass is 344 g/mol. The summed E-state index contributed by atoms with van der Waals surface area (Å²) in [5.41, 5.74) is 5.37. The second kappa shape index (κ2) is 7.06. The molecule has 1 aromatic rings. The molecule has 0 aromatic carbocycles. The molecule has 1 aliphatic rings. The maximum absolute atomic E-state index is 13.1. The molecule has 3 N–H and O–H groups in total. The summed E-state index contributed by atoms with van der Waals surface area (Å²) in [6.07, 6.45) is -1.59. The molecule has 1 saturated carbocycles. The summed E-state index contributed by atoms with van der Waals surface area (Å²) in [7, 11) is 1.36. The van der Waals surface area contributed by atoms with Crippen LogP contribution >= 0.6 is 0 Å². The molecule has 1 aromatic heterocycles. The number of hydrogen-bond donors (Lipinski definition) is 2. The van der Waals surface area contributed by atoms with E-state index < -0.39 is 30.1 Å². The third-order valence-corrected chi connectivity index (χ3v) is 4.23. The molecule has 1 fully saturated rings. The fourth-order valence-corrected chi connectivity index (χ4v) is 2.93. The van der Waals surface area contributed by atoms with Crippen molar-refractivity contribution in [1.82, 2.24) is 9.88 Å². The fourth-order valence-electron chi connectivity index (χ4n) is 2.93. The van der Waals surface area contributed by atoms with Crippen molar-refractivity contribution < 1.29 is 22.8 Å². The lowest BCUT2D eigenvalue weighted by Crippen LogP contribution is -2.49. The molecule has 1 heterocycles. The second-order valence-electron chi connectivity index (χ2n) is 5.84. The van der Waals surface area contributed by atoms with Gasteiger partial charge in [-0.1, -0.05) is 12.8 Å². The molecule has 2 rings (SSSR count). The zero-order chi connectivity index (χ0) is 17.9. The van der Waals surface area contributed by atoms with Crippen LogP contribution in [0.2, 0.25) is 0 Å². The van der Waals surface area contributed by atoms with Crippen LogP contribution in [0.5, 0.6) is 0 Å². The Morgan fingerprint density at radius 2 is 1.96 bits per heavy atom. The number of rotatable bonds is 3. The van der Waals surface area contributed by atoms with Gasteiger partial charge in [-0.25, -0.2) is 9.78 Å². The molecule has 24 heavy (non-hydrogen) atoms. The zero-order valence-corrected chi connectivity index (χ0v) is 13.1. The Morgan fingerprint density at radius 3 is 2.50 bits per heavy atom. The number of nitrogens with zero attached hydrogens (tertiary/aromatic N) is 2. The molecular formula is C15H19F3N4O2. The van der Waals surface area contributed by atoms with E-state index in [0.717, 1.165) is 4.90 Å². The number of aromatic nitrogens is 1. The Bertz CT molecular complexity index is 604. The highest BCUT2D eigenvalue weighted by molar-refractivity contribution is 5.92. The Kier molecular flexibility index (Phi) is 5.30. The molecule has 0 radical (unpaired) electrons. The largest absolute Gasteiger partial charge is 0.393 e. The van der Waals surface area contributed by atoms with Crippen molar-refractivity contribution in [3.63, 3.8) is 0 Å². The van der Waals surface area contributed by atoms with E-state index in [2.05, 4.69) is 10.3 Å². The Balaban J connectivity index is 2.06. The molecular weight excluding hydrogens is 325 g/mol. The van der Waals surface area contributed by atoms with Crippen LogP contribution in [0.4, 0.5) is 23.7 Å². The fraction of sp³-hybridized carbons (Fsp3) is 0.533. The molecule has 0 saturated heterocycles. The molecule has 9 heteroatoms. The molecule has 3 amide bonds. The first-order valence-electron chi connectivity index (χ1n) is 7.56. The molecule has 6 nitrogen and oxygen atoms in total. The van der Waals surface area contributed by atoms with Gasteiger partial charge >= 0.3 is 12.2 Å². The normalized spacial score (nSPS) is 21.2. The van der Waals surface area contributed by atoms with Crippen LogP contribution in [0.1, 0.15) is 36.2 Å². The van der Waals surface area contributed by atoms with Crippen molar-refractivity contribution in [3.8, 4) is 0 Å². The molecule has 0 aliphatic heterocycles. The molecule has 1 aliphatic carbocycles. The number of hydrogen-bond acceptors (Lipinski definition) is 3. The minimum atomic E-state index is -4.33. The van der Waals surface area contributed by atoms with Crippen LogP contribution in [-0.2, 0) is 0 Å². The molecule has 132 valence electrons. The predicted octanol–water partition coefficient (Wildman–Crippen LogP) is 2.77. The minimum Gasteiger partial charge on any atom is -0.364 e. The quantitative estimate of drug-likeness (QED) is 0.884. The number of nitrogens with one attached hydrogen (secondary N) is 1. The SMILES string of the molecule is CN(C(=O)Nc1ccc(C(N)=O)nc1)[C@H]1CCCC[C@H]1C(F)(F)F. The van der Waals surface area contributed by atoms with Crippen molar-refractivity contribution in [2.45, 2.75) is 37.9 Å². The predicted molar refractivity (Wildman–Crippen MR) is 81.3 cm³/mol. The number of anilines is 1. The van der Waals surface area contributed by atoms with Gasteiger partial charge in [-0.2, -0.15) is 13.2 Å². The Labute approximate surface area is 137 Å². The van der Waals surface area contributed by atoms with Gasteiger partial charge < -0.3 is 16.0 Å². The molecule has 0 unspecified atom stereocenters. The van der Waals surface area contributed by atoms with Crippen LogP contribution in [-0.4, -0.2) is 41.1 Å². The maximum Gasteiger partial charge on any atom is 0.393 e. The summed E-state index contributed by atoms with van der Waals surface area (Å²) in [4.78, 5) is 28.0. The number of carbonyl (C=O) groups excluding carboxylic acids is 2. The standard InChI is InChI=1S/C15H19F3N4O2/c1-22(12-5-3-2-4-10(12)15(16,17)18)14(24)21-9-6-7-11(13(19)23)20-8-9/h6-8,10,12H,2-5H2,1H3,(H2,19,23)(H,21,24)/t10-,12+/m1/s1.